The van der Waals surface area contributed by atoms with Gasteiger partial charge in [0.15, 0.2) is 0 Å². The Kier molecular flexibility index (Phi) is 3.32. The molecule has 104 valence electrons. The third-order valence-electron chi connectivity index (χ3n) is 3.46. The smallest absolute Gasteiger partial charge is 0.257 e. The predicted octanol–water partition coefficient (Wildman–Crippen LogP) is 3.98. The number of fused-ring (bicyclic) bond motifs is 1. The van der Waals surface area contributed by atoms with Crippen LogP contribution in [0.4, 0.5) is 11.4 Å². The molecule has 0 aliphatic carbocycles. The van der Waals surface area contributed by atoms with E-state index >= 15 is 0 Å². The van der Waals surface area contributed by atoms with Crippen molar-refractivity contribution in [1.82, 2.24) is 0 Å². The first kappa shape index (κ1) is 13.2. The van der Waals surface area contributed by atoms with Gasteiger partial charge in [0, 0.05) is 11.4 Å². The number of nitrogens with one attached hydrogen (secondary N) is 1. The highest BCUT2D eigenvalue weighted by atomic mass is 16.1. The molecular weight excluding hydrogens is 260 g/mol. The van der Waals surface area contributed by atoms with Crippen molar-refractivity contribution in [1.29, 1.82) is 0 Å². The lowest BCUT2D eigenvalue weighted by Crippen LogP contribution is -2.14. The molecule has 0 spiro atoms. The molecule has 0 radical (unpaired) electrons. The van der Waals surface area contributed by atoms with Crippen LogP contribution in [0.2, 0.25) is 0 Å². The minimum absolute atomic E-state index is 0.188. The van der Waals surface area contributed by atoms with Crippen LogP contribution in [0, 0.1) is 6.92 Å². The van der Waals surface area contributed by atoms with Crippen LogP contribution in [0.15, 0.2) is 60.7 Å². The Labute approximate surface area is 123 Å². The Morgan fingerprint density at radius 1 is 0.952 bits per heavy atom. The van der Waals surface area contributed by atoms with Crippen molar-refractivity contribution in [3.63, 3.8) is 0 Å². The summed E-state index contributed by atoms with van der Waals surface area (Å²) in [5.74, 6) is -0.188. The van der Waals surface area contributed by atoms with Crippen molar-refractivity contribution >= 4 is 28.1 Å². The molecule has 0 heterocycles. The SMILES string of the molecule is Cc1ccc(N)c(C(=O)Nc2ccc3ccccc3c2)c1. The zero-order valence-corrected chi connectivity index (χ0v) is 11.8. The average Bonchev–Trinajstić information content (AvgIpc) is 2.49. The van der Waals surface area contributed by atoms with Gasteiger partial charge in [-0.15, -0.1) is 0 Å². The maximum absolute atomic E-state index is 12.3. The molecule has 21 heavy (non-hydrogen) atoms. The van der Waals surface area contributed by atoms with Gasteiger partial charge in [0.05, 0.1) is 5.56 Å². The third kappa shape index (κ3) is 2.72. The average molecular weight is 276 g/mol. The van der Waals surface area contributed by atoms with Crippen molar-refractivity contribution in [2.75, 3.05) is 11.1 Å². The number of aryl methyl sites for hydroxylation is 1. The van der Waals surface area contributed by atoms with E-state index in [9.17, 15) is 4.79 Å². The van der Waals surface area contributed by atoms with Gasteiger partial charge in [-0.05, 0) is 42.0 Å². The largest absolute Gasteiger partial charge is 0.398 e. The molecule has 0 aliphatic rings. The Hall–Kier alpha value is -2.81. The number of amides is 1. The molecular formula is C18H16N2O. The Morgan fingerprint density at radius 3 is 2.52 bits per heavy atom. The van der Waals surface area contributed by atoms with Gasteiger partial charge in [0.25, 0.3) is 5.91 Å². The summed E-state index contributed by atoms with van der Waals surface area (Å²) in [6.45, 7) is 1.94. The van der Waals surface area contributed by atoms with Crippen LogP contribution in [0.25, 0.3) is 10.8 Å². The summed E-state index contributed by atoms with van der Waals surface area (Å²) < 4.78 is 0. The number of nitrogens with two attached hydrogens (primary N) is 1. The van der Waals surface area contributed by atoms with Crippen molar-refractivity contribution in [3.05, 3.63) is 71.8 Å². The second-order valence-electron chi connectivity index (χ2n) is 5.11. The molecule has 1 amide bonds. The van der Waals surface area contributed by atoms with E-state index in [1.807, 2.05) is 55.5 Å². The van der Waals surface area contributed by atoms with Crippen molar-refractivity contribution in [2.24, 2.45) is 0 Å². The van der Waals surface area contributed by atoms with Gasteiger partial charge in [0.2, 0.25) is 0 Å². The Bertz CT molecular complexity index is 824. The number of carbonyl (C=O) groups excluding carboxylic acids is 1. The number of carbonyl (C=O) groups is 1. The zero-order chi connectivity index (χ0) is 14.8. The van der Waals surface area contributed by atoms with Crippen LogP contribution in [-0.2, 0) is 0 Å². The summed E-state index contributed by atoms with van der Waals surface area (Å²) in [4.78, 5) is 12.3. The number of hydrogen-bond acceptors (Lipinski definition) is 2. The third-order valence-corrected chi connectivity index (χ3v) is 3.46. The van der Waals surface area contributed by atoms with Gasteiger partial charge in [0.1, 0.15) is 0 Å². The van der Waals surface area contributed by atoms with Crippen LogP contribution >= 0.6 is 0 Å². The number of nitrogen functional groups attached to an aromatic ring is 1. The number of hydrogen-bond donors (Lipinski definition) is 2. The molecule has 0 saturated carbocycles. The topological polar surface area (TPSA) is 55.1 Å². The molecule has 0 unspecified atom stereocenters. The predicted molar refractivity (Wildman–Crippen MR) is 87.5 cm³/mol. The van der Waals surface area contributed by atoms with E-state index in [1.165, 1.54) is 0 Å². The van der Waals surface area contributed by atoms with E-state index in [0.29, 0.717) is 11.3 Å². The monoisotopic (exact) mass is 276 g/mol. The minimum Gasteiger partial charge on any atom is -0.398 e. The first-order valence-electron chi connectivity index (χ1n) is 6.80. The van der Waals surface area contributed by atoms with E-state index in [1.54, 1.807) is 12.1 Å². The van der Waals surface area contributed by atoms with Gasteiger partial charge >= 0.3 is 0 Å². The highest BCUT2D eigenvalue weighted by molar-refractivity contribution is 6.08. The minimum atomic E-state index is -0.188. The van der Waals surface area contributed by atoms with Crippen molar-refractivity contribution in [3.8, 4) is 0 Å². The van der Waals surface area contributed by atoms with Crippen LogP contribution in [0.5, 0.6) is 0 Å². The fourth-order valence-electron chi connectivity index (χ4n) is 2.33. The summed E-state index contributed by atoms with van der Waals surface area (Å²) in [6.07, 6.45) is 0. The Morgan fingerprint density at radius 2 is 1.71 bits per heavy atom. The second-order valence-corrected chi connectivity index (χ2v) is 5.11. The summed E-state index contributed by atoms with van der Waals surface area (Å²) in [5.41, 5.74) is 8.63. The lowest BCUT2D eigenvalue weighted by molar-refractivity contribution is 0.102. The van der Waals surface area contributed by atoms with Crippen molar-refractivity contribution in [2.45, 2.75) is 6.92 Å². The maximum Gasteiger partial charge on any atom is 0.257 e. The maximum atomic E-state index is 12.3. The fraction of sp³-hybridized carbons (Fsp3) is 0.0556. The van der Waals surface area contributed by atoms with Crippen LogP contribution in [0.3, 0.4) is 0 Å². The van der Waals surface area contributed by atoms with Crippen LogP contribution in [-0.4, -0.2) is 5.91 Å². The fourth-order valence-corrected chi connectivity index (χ4v) is 2.33. The number of anilines is 2. The molecule has 3 N–H and O–H groups in total. The summed E-state index contributed by atoms with van der Waals surface area (Å²) in [5, 5.41) is 5.13. The molecule has 0 aromatic heterocycles. The van der Waals surface area contributed by atoms with Crippen LogP contribution in [0.1, 0.15) is 15.9 Å². The van der Waals surface area contributed by atoms with E-state index in [2.05, 4.69) is 5.32 Å². The van der Waals surface area contributed by atoms with E-state index in [4.69, 9.17) is 5.73 Å². The molecule has 3 nitrogen and oxygen atoms in total. The quantitative estimate of drug-likeness (QED) is 0.695. The second kappa shape index (κ2) is 5.29. The van der Waals surface area contributed by atoms with Crippen LogP contribution < -0.4 is 11.1 Å². The van der Waals surface area contributed by atoms with Crippen molar-refractivity contribution < 1.29 is 4.79 Å². The number of rotatable bonds is 2. The summed E-state index contributed by atoms with van der Waals surface area (Å²) >= 11 is 0. The molecule has 0 bridgehead atoms. The molecule has 3 aromatic carbocycles. The molecule has 0 saturated heterocycles. The van der Waals surface area contributed by atoms with E-state index in [-0.39, 0.29) is 5.91 Å². The van der Waals surface area contributed by atoms with E-state index < -0.39 is 0 Å². The normalized spacial score (nSPS) is 10.5. The standard InChI is InChI=1S/C18H16N2O/c1-12-6-9-17(19)16(10-12)18(21)20-15-8-7-13-4-2-3-5-14(13)11-15/h2-11H,19H2,1H3,(H,20,21). The lowest BCUT2D eigenvalue weighted by Gasteiger charge is -2.09. The molecule has 0 aliphatic heterocycles. The van der Waals surface area contributed by atoms with E-state index in [0.717, 1.165) is 22.0 Å². The van der Waals surface area contributed by atoms with Gasteiger partial charge in [-0.1, -0.05) is 42.0 Å². The van der Waals surface area contributed by atoms with Gasteiger partial charge in [-0.3, -0.25) is 4.79 Å². The van der Waals surface area contributed by atoms with Gasteiger partial charge < -0.3 is 11.1 Å². The molecule has 3 heteroatoms. The first-order valence-corrected chi connectivity index (χ1v) is 6.80. The summed E-state index contributed by atoms with van der Waals surface area (Å²) in [6, 6.07) is 19.3. The molecule has 0 fully saturated rings. The Balaban J connectivity index is 1.90. The highest BCUT2D eigenvalue weighted by Gasteiger charge is 2.10. The van der Waals surface area contributed by atoms with Gasteiger partial charge in [-0.25, -0.2) is 0 Å². The zero-order valence-electron chi connectivity index (χ0n) is 11.8. The summed E-state index contributed by atoms with van der Waals surface area (Å²) in [7, 11) is 0. The molecule has 3 rings (SSSR count). The molecule has 0 atom stereocenters. The number of benzene rings is 3. The highest BCUT2D eigenvalue weighted by Crippen LogP contribution is 2.21. The first-order chi connectivity index (χ1) is 10.1. The molecule has 3 aromatic rings. The lowest BCUT2D eigenvalue weighted by atomic mass is 10.1. The van der Waals surface area contributed by atoms with Gasteiger partial charge in [-0.2, -0.15) is 0 Å².